The quantitative estimate of drug-likeness (QED) is 0.288. The van der Waals surface area contributed by atoms with E-state index in [4.69, 9.17) is 4.74 Å². The van der Waals surface area contributed by atoms with Gasteiger partial charge in [0.05, 0.1) is 11.2 Å². The van der Waals surface area contributed by atoms with E-state index < -0.39 is 0 Å². The van der Waals surface area contributed by atoms with Crippen molar-refractivity contribution in [1.82, 2.24) is 0 Å². The Balaban J connectivity index is -0.000000276. The van der Waals surface area contributed by atoms with Crippen LogP contribution < -0.4 is 0 Å². The van der Waals surface area contributed by atoms with Crippen LogP contribution in [0.15, 0.2) is 11.1 Å². The van der Waals surface area contributed by atoms with Crippen molar-refractivity contribution in [3.8, 4) is 11.8 Å². The lowest BCUT2D eigenvalue weighted by Crippen LogP contribution is -2.22. The van der Waals surface area contributed by atoms with Crippen molar-refractivity contribution < 1.29 is 4.74 Å². The van der Waals surface area contributed by atoms with Gasteiger partial charge in [0, 0.05) is 5.92 Å². The summed E-state index contributed by atoms with van der Waals surface area (Å²) in [5.41, 5.74) is 3.25. The number of hydrogen-bond donors (Lipinski definition) is 0. The van der Waals surface area contributed by atoms with Gasteiger partial charge in [0.25, 0.3) is 0 Å². The monoisotopic (exact) mass is 338 g/mol. The lowest BCUT2D eigenvalue weighted by atomic mass is 9.87. The van der Waals surface area contributed by atoms with E-state index in [1.807, 2.05) is 6.92 Å². The summed E-state index contributed by atoms with van der Waals surface area (Å²) in [5.74, 6) is 7.67. The van der Waals surface area contributed by atoms with Crippen LogP contribution in [0.4, 0.5) is 0 Å². The lowest BCUT2D eigenvalue weighted by Gasteiger charge is -2.11. The van der Waals surface area contributed by atoms with Gasteiger partial charge in [-0.15, -0.1) is 11.8 Å². The average Bonchev–Trinajstić information content (AvgIpc) is 2.90. The molecule has 0 aromatic rings. The van der Waals surface area contributed by atoms with Crippen LogP contribution in [0.3, 0.4) is 0 Å². The van der Waals surface area contributed by atoms with Crippen LogP contribution in [0.1, 0.15) is 97.4 Å². The molecule has 0 aliphatic carbocycles. The van der Waals surface area contributed by atoms with E-state index in [2.05, 4.69) is 94.9 Å². The Morgan fingerprint density at radius 1 is 0.875 bits per heavy atom. The van der Waals surface area contributed by atoms with E-state index in [-0.39, 0.29) is 18.6 Å². The maximum atomic E-state index is 5.55. The van der Waals surface area contributed by atoms with Gasteiger partial charge in [-0.2, -0.15) is 0 Å². The molecular formula is C23H46O. The summed E-state index contributed by atoms with van der Waals surface area (Å²) in [6, 6.07) is 0. The largest absolute Gasteiger partial charge is 0.363 e. The van der Waals surface area contributed by atoms with Crippen LogP contribution in [0, 0.1) is 29.6 Å². The van der Waals surface area contributed by atoms with E-state index in [0.29, 0.717) is 11.8 Å². The molecule has 1 atom stereocenters. The van der Waals surface area contributed by atoms with Gasteiger partial charge in [-0.1, -0.05) is 60.1 Å². The highest BCUT2D eigenvalue weighted by atomic mass is 16.6. The Kier molecular flexibility index (Phi) is 13.7. The van der Waals surface area contributed by atoms with Crippen molar-refractivity contribution in [3.05, 3.63) is 11.1 Å². The van der Waals surface area contributed by atoms with Gasteiger partial charge in [-0.05, 0) is 60.3 Å². The molecule has 1 rings (SSSR count). The highest BCUT2D eigenvalue weighted by Gasteiger charge is 2.61. The standard InChI is InChI=1S/C8H16O.C8H16.C6H10.CH4/c1-6(2)8(5)7(3,4)9-8;1-6(2)8(5)7(3)4;1-4-5-6(2)3;/h6H,1-5H3;6H,1-5H3;6H,1-3H3;1H4. The van der Waals surface area contributed by atoms with Gasteiger partial charge in [0.2, 0.25) is 0 Å². The SMILES string of the molecule is C.CC#CC(C)C.CC(C)=C(C)C(C)C.CC(C)C1(C)OC1(C)C. The predicted octanol–water partition coefficient (Wildman–Crippen LogP) is 7.51. The molecule has 0 radical (unpaired) electrons. The van der Waals surface area contributed by atoms with Crippen LogP contribution in [0.2, 0.25) is 0 Å². The molecule has 0 amide bonds. The molecule has 1 aliphatic rings. The Labute approximate surface area is 154 Å². The summed E-state index contributed by atoms with van der Waals surface area (Å²) >= 11 is 0. The first-order valence-corrected chi connectivity index (χ1v) is 8.99. The molecule has 0 spiro atoms. The maximum absolute atomic E-state index is 5.55. The van der Waals surface area contributed by atoms with E-state index in [9.17, 15) is 0 Å². The minimum absolute atomic E-state index is 0. The van der Waals surface area contributed by atoms with Crippen LogP contribution in [0.25, 0.3) is 0 Å². The molecule has 1 saturated heterocycles. The first-order valence-electron chi connectivity index (χ1n) is 8.99. The summed E-state index contributed by atoms with van der Waals surface area (Å²) in [4.78, 5) is 0. The molecule has 24 heavy (non-hydrogen) atoms. The number of rotatable bonds is 2. The molecule has 1 nitrogen and oxygen atoms in total. The van der Waals surface area contributed by atoms with Crippen LogP contribution >= 0.6 is 0 Å². The Morgan fingerprint density at radius 2 is 1.25 bits per heavy atom. The first-order chi connectivity index (χ1) is 10.2. The second-order valence-electron chi connectivity index (χ2n) is 8.26. The molecule has 144 valence electrons. The summed E-state index contributed by atoms with van der Waals surface area (Å²) in [5, 5.41) is 0. The molecule has 0 aromatic heterocycles. The predicted molar refractivity (Wildman–Crippen MR) is 112 cm³/mol. The number of ether oxygens (including phenoxy) is 1. The van der Waals surface area contributed by atoms with Crippen LogP contribution in [-0.2, 0) is 4.74 Å². The molecule has 0 N–H and O–H groups in total. The molecule has 1 heterocycles. The second kappa shape index (κ2) is 11.8. The zero-order chi connectivity index (χ0) is 19.0. The summed E-state index contributed by atoms with van der Waals surface area (Å²) in [7, 11) is 0. The number of epoxide rings is 1. The Hall–Kier alpha value is -0.740. The molecule has 1 fully saturated rings. The van der Waals surface area contributed by atoms with Gasteiger partial charge in [0.1, 0.15) is 0 Å². The number of hydrogen-bond acceptors (Lipinski definition) is 1. The van der Waals surface area contributed by atoms with E-state index in [1.165, 1.54) is 11.1 Å². The topological polar surface area (TPSA) is 12.5 Å². The molecule has 0 saturated carbocycles. The van der Waals surface area contributed by atoms with Crippen LogP contribution in [0.5, 0.6) is 0 Å². The zero-order valence-corrected chi connectivity index (χ0v) is 18.1. The minimum atomic E-state index is 0. The van der Waals surface area contributed by atoms with Gasteiger partial charge in [-0.25, -0.2) is 0 Å². The van der Waals surface area contributed by atoms with Crippen molar-refractivity contribution >= 4 is 0 Å². The Morgan fingerprint density at radius 3 is 1.25 bits per heavy atom. The zero-order valence-electron chi connectivity index (χ0n) is 18.1. The molecule has 1 aliphatic heterocycles. The molecule has 1 heteroatoms. The van der Waals surface area contributed by atoms with E-state index in [1.54, 1.807) is 0 Å². The summed E-state index contributed by atoms with van der Waals surface area (Å²) in [6.07, 6.45) is 0. The third-order valence-electron chi connectivity index (χ3n) is 4.81. The lowest BCUT2D eigenvalue weighted by molar-refractivity contribution is 0.245. The van der Waals surface area contributed by atoms with Gasteiger partial charge in [-0.3, -0.25) is 0 Å². The Bertz CT molecular complexity index is 423. The molecule has 1 unspecified atom stereocenters. The fourth-order valence-corrected chi connectivity index (χ4v) is 2.18. The first kappa shape index (κ1) is 28.1. The smallest absolute Gasteiger partial charge is 0.0969 e. The highest BCUT2D eigenvalue weighted by molar-refractivity contribution is 5.09. The highest BCUT2D eigenvalue weighted by Crippen LogP contribution is 2.51. The fourth-order valence-electron chi connectivity index (χ4n) is 2.18. The summed E-state index contributed by atoms with van der Waals surface area (Å²) in [6.45, 7) is 27.9. The molecule has 0 bridgehead atoms. The normalized spacial score (nSPS) is 19.8. The second-order valence-corrected chi connectivity index (χ2v) is 8.26. The van der Waals surface area contributed by atoms with E-state index in [0.717, 1.165) is 5.92 Å². The third-order valence-corrected chi connectivity index (χ3v) is 4.81. The van der Waals surface area contributed by atoms with Crippen molar-refractivity contribution in [2.24, 2.45) is 17.8 Å². The van der Waals surface area contributed by atoms with Crippen molar-refractivity contribution in [2.75, 3.05) is 0 Å². The molecular weight excluding hydrogens is 292 g/mol. The van der Waals surface area contributed by atoms with Crippen molar-refractivity contribution in [3.63, 3.8) is 0 Å². The minimum Gasteiger partial charge on any atom is -0.363 e. The fraction of sp³-hybridized carbons (Fsp3) is 0.826. The average molecular weight is 339 g/mol. The van der Waals surface area contributed by atoms with Gasteiger partial charge >= 0.3 is 0 Å². The number of allylic oxidation sites excluding steroid dienone is 2. The van der Waals surface area contributed by atoms with Gasteiger partial charge in [0.15, 0.2) is 0 Å². The molecule has 0 aromatic carbocycles. The van der Waals surface area contributed by atoms with Crippen molar-refractivity contribution in [1.29, 1.82) is 0 Å². The van der Waals surface area contributed by atoms with Crippen molar-refractivity contribution in [2.45, 2.75) is 109 Å². The van der Waals surface area contributed by atoms with E-state index >= 15 is 0 Å². The third kappa shape index (κ3) is 10.2. The van der Waals surface area contributed by atoms with Crippen LogP contribution in [-0.4, -0.2) is 11.2 Å². The van der Waals surface area contributed by atoms with Gasteiger partial charge < -0.3 is 4.74 Å². The summed E-state index contributed by atoms with van der Waals surface area (Å²) < 4.78 is 5.55. The maximum Gasteiger partial charge on any atom is 0.0969 e.